The molecule has 1 N–H and O–H groups in total. The van der Waals surface area contributed by atoms with Crippen molar-refractivity contribution in [2.24, 2.45) is 0 Å². The maximum Gasteiger partial charge on any atom is 0.00386 e. The fourth-order valence-electron chi connectivity index (χ4n) is 1.22. The molecule has 0 spiro atoms. The molecule has 72 valence electrons. The Morgan fingerprint density at radius 3 is 2.33 bits per heavy atom. The average Bonchev–Trinajstić information content (AvgIpc) is 2.12. The maximum absolute atomic E-state index is 3.25. The molecule has 0 rings (SSSR count). The van der Waals surface area contributed by atoms with Crippen molar-refractivity contribution in [1.82, 2.24) is 5.32 Å². The van der Waals surface area contributed by atoms with E-state index in [4.69, 9.17) is 0 Å². The van der Waals surface area contributed by atoms with Crippen molar-refractivity contribution in [3.05, 3.63) is 11.6 Å². The van der Waals surface area contributed by atoms with Crippen molar-refractivity contribution in [1.29, 1.82) is 0 Å². The summed E-state index contributed by atoms with van der Waals surface area (Å²) in [7, 11) is 2.02. The lowest BCUT2D eigenvalue weighted by atomic mass is 10.1. The Morgan fingerprint density at radius 1 is 1.33 bits per heavy atom. The first-order valence-corrected chi connectivity index (χ1v) is 5.09. The van der Waals surface area contributed by atoms with Crippen LogP contribution in [0.1, 0.15) is 46.5 Å². The summed E-state index contributed by atoms with van der Waals surface area (Å²) >= 11 is 0. The predicted octanol–water partition coefficient (Wildman–Crippen LogP) is 3.12. The average molecular weight is 169 g/mol. The summed E-state index contributed by atoms with van der Waals surface area (Å²) in [5, 5.41) is 3.25. The summed E-state index contributed by atoms with van der Waals surface area (Å²) in [6, 6.07) is 0.649. The quantitative estimate of drug-likeness (QED) is 0.602. The lowest BCUT2D eigenvalue weighted by Gasteiger charge is -2.07. The molecular formula is C11H23N. The largest absolute Gasteiger partial charge is 0.317 e. The Labute approximate surface area is 77.2 Å². The highest BCUT2D eigenvalue weighted by Gasteiger charge is 1.95. The summed E-state index contributed by atoms with van der Waals surface area (Å²) in [4.78, 5) is 0. The van der Waals surface area contributed by atoms with Crippen molar-refractivity contribution in [3.8, 4) is 0 Å². The van der Waals surface area contributed by atoms with Gasteiger partial charge in [0.05, 0.1) is 0 Å². The molecule has 0 heterocycles. The zero-order chi connectivity index (χ0) is 9.40. The molecule has 0 saturated carbocycles. The van der Waals surface area contributed by atoms with Crippen molar-refractivity contribution in [2.75, 3.05) is 7.05 Å². The molecule has 0 aliphatic heterocycles. The number of rotatable bonds is 6. The second-order valence-electron chi connectivity index (χ2n) is 3.34. The second-order valence-corrected chi connectivity index (χ2v) is 3.34. The third kappa shape index (κ3) is 5.36. The minimum absolute atomic E-state index is 0.649. The highest BCUT2D eigenvalue weighted by molar-refractivity contribution is 5.00. The fraction of sp³-hybridized carbons (Fsp3) is 0.818. The van der Waals surface area contributed by atoms with Crippen molar-refractivity contribution in [2.45, 2.75) is 52.5 Å². The van der Waals surface area contributed by atoms with E-state index in [2.05, 4.69) is 32.2 Å². The summed E-state index contributed by atoms with van der Waals surface area (Å²) in [6.07, 6.45) is 7.29. The van der Waals surface area contributed by atoms with Gasteiger partial charge in [-0.2, -0.15) is 0 Å². The molecule has 12 heavy (non-hydrogen) atoms. The van der Waals surface area contributed by atoms with E-state index in [1.54, 1.807) is 5.57 Å². The van der Waals surface area contributed by atoms with E-state index in [0.29, 0.717) is 6.04 Å². The first-order valence-electron chi connectivity index (χ1n) is 5.09. The van der Waals surface area contributed by atoms with Gasteiger partial charge in [0.2, 0.25) is 0 Å². The minimum atomic E-state index is 0.649. The van der Waals surface area contributed by atoms with Crippen LogP contribution in [0, 0.1) is 0 Å². The van der Waals surface area contributed by atoms with Gasteiger partial charge in [0.1, 0.15) is 0 Å². The topological polar surface area (TPSA) is 12.0 Å². The molecule has 0 amide bonds. The van der Waals surface area contributed by atoms with Crippen LogP contribution in [0.15, 0.2) is 11.6 Å². The van der Waals surface area contributed by atoms with Gasteiger partial charge in [0.25, 0.3) is 0 Å². The molecule has 1 nitrogen and oxygen atoms in total. The van der Waals surface area contributed by atoms with Gasteiger partial charge in [-0.25, -0.2) is 0 Å². The molecule has 0 aromatic carbocycles. The van der Waals surface area contributed by atoms with Gasteiger partial charge in [-0.3, -0.25) is 0 Å². The molecule has 1 heteroatoms. The van der Waals surface area contributed by atoms with E-state index in [0.717, 1.165) is 0 Å². The van der Waals surface area contributed by atoms with E-state index in [-0.39, 0.29) is 0 Å². The lowest BCUT2D eigenvalue weighted by Crippen LogP contribution is -2.20. The molecule has 1 atom stereocenters. The van der Waals surface area contributed by atoms with Crippen LogP contribution in [0.3, 0.4) is 0 Å². The van der Waals surface area contributed by atoms with Crippen LogP contribution in [0.4, 0.5) is 0 Å². The zero-order valence-corrected chi connectivity index (χ0v) is 8.98. The molecule has 0 aliphatic carbocycles. The normalized spacial score (nSPS) is 12.7. The smallest absolute Gasteiger partial charge is 0.00386 e. The highest BCUT2D eigenvalue weighted by atomic mass is 14.8. The van der Waals surface area contributed by atoms with Gasteiger partial charge in [-0.1, -0.05) is 25.5 Å². The van der Waals surface area contributed by atoms with Gasteiger partial charge < -0.3 is 5.32 Å². The fourth-order valence-corrected chi connectivity index (χ4v) is 1.22. The molecule has 1 unspecified atom stereocenters. The number of hydrogen-bond acceptors (Lipinski definition) is 1. The van der Waals surface area contributed by atoms with Gasteiger partial charge in [0, 0.05) is 6.04 Å². The first-order chi connectivity index (χ1) is 5.74. The van der Waals surface area contributed by atoms with E-state index in [1.165, 1.54) is 25.7 Å². The van der Waals surface area contributed by atoms with Crippen molar-refractivity contribution < 1.29 is 0 Å². The van der Waals surface area contributed by atoms with Gasteiger partial charge >= 0.3 is 0 Å². The molecular weight excluding hydrogens is 146 g/mol. The monoisotopic (exact) mass is 169 g/mol. The van der Waals surface area contributed by atoms with Crippen LogP contribution in [-0.2, 0) is 0 Å². The summed E-state index contributed by atoms with van der Waals surface area (Å²) < 4.78 is 0. The van der Waals surface area contributed by atoms with Crippen molar-refractivity contribution >= 4 is 0 Å². The summed E-state index contributed by atoms with van der Waals surface area (Å²) in [6.45, 7) is 6.69. The highest BCUT2D eigenvalue weighted by Crippen LogP contribution is 2.08. The zero-order valence-electron chi connectivity index (χ0n) is 8.98. The van der Waals surface area contributed by atoms with Crippen LogP contribution < -0.4 is 5.32 Å². The molecule has 0 radical (unpaired) electrons. The van der Waals surface area contributed by atoms with Crippen molar-refractivity contribution in [3.63, 3.8) is 0 Å². The van der Waals surface area contributed by atoms with E-state index >= 15 is 0 Å². The van der Waals surface area contributed by atoms with Crippen LogP contribution >= 0.6 is 0 Å². The van der Waals surface area contributed by atoms with Gasteiger partial charge in [0.15, 0.2) is 0 Å². The summed E-state index contributed by atoms with van der Waals surface area (Å²) in [5.74, 6) is 0. The molecule has 0 aliphatic rings. The first kappa shape index (κ1) is 11.7. The van der Waals surface area contributed by atoms with E-state index in [1.807, 2.05) is 7.05 Å². The molecule has 0 bridgehead atoms. The second kappa shape index (κ2) is 7.35. The number of nitrogens with one attached hydrogen (secondary N) is 1. The standard InChI is InChI=1S/C11H23N/c1-5-11(6-2)9-7-8-10(3)12-4/h9-10,12H,5-8H2,1-4H3. The Bertz CT molecular complexity index is 121. The molecule has 0 saturated heterocycles. The Hall–Kier alpha value is -0.300. The Kier molecular flexibility index (Phi) is 7.17. The van der Waals surface area contributed by atoms with Gasteiger partial charge in [-0.15, -0.1) is 0 Å². The van der Waals surface area contributed by atoms with Crippen LogP contribution in [-0.4, -0.2) is 13.1 Å². The third-order valence-corrected chi connectivity index (χ3v) is 2.43. The van der Waals surface area contributed by atoms with E-state index < -0.39 is 0 Å². The van der Waals surface area contributed by atoms with Crippen LogP contribution in [0.2, 0.25) is 0 Å². The van der Waals surface area contributed by atoms with E-state index in [9.17, 15) is 0 Å². The van der Waals surface area contributed by atoms with Crippen LogP contribution in [0.5, 0.6) is 0 Å². The number of hydrogen-bond donors (Lipinski definition) is 1. The lowest BCUT2D eigenvalue weighted by molar-refractivity contribution is 0.569. The summed E-state index contributed by atoms with van der Waals surface area (Å²) in [5.41, 5.74) is 1.60. The predicted molar refractivity (Wildman–Crippen MR) is 56.4 cm³/mol. The maximum atomic E-state index is 3.25. The molecule has 0 aromatic rings. The van der Waals surface area contributed by atoms with Gasteiger partial charge in [-0.05, 0) is 39.7 Å². The number of allylic oxidation sites excluding steroid dienone is 2. The third-order valence-electron chi connectivity index (χ3n) is 2.43. The Morgan fingerprint density at radius 2 is 1.92 bits per heavy atom. The minimum Gasteiger partial charge on any atom is -0.317 e. The van der Waals surface area contributed by atoms with Crippen LogP contribution in [0.25, 0.3) is 0 Å². The SMILES string of the molecule is CCC(=CCCC(C)NC)CC. The molecule has 0 fully saturated rings. The Balaban J connectivity index is 3.57. The molecule has 0 aromatic heterocycles.